The molecule has 53 heavy (non-hydrogen) atoms. The SMILES string of the molecule is [2H]c1c([2H])c(-c2cccc3ccccc23)c([2H])c(N(c2ccc(-c3ccc(-c4ccccc4)cc3)cc2)c2c([2H])c([2H])c(-c3cccc(-c4ccccc4)c3)c([2H])c2[2H])c1[2H]. The Morgan fingerprint density at radius 1 is 0.321 bits per heavy atom. The number of hydrogen-bond acceptors (Lipinski definition) is 1. The Bertz CT molecular complexity index is 3060. The van der Waals surface area contributed by atoms with Gasteiger partial charge in [-0.25, -0.2) is 0 Å². The first-order chi connectivity index (χ1) is 29.6. The maximum Gasteiger partial charge on any atom is 0.0651 e. The molecule has 0 spiro atoms. The van der Waals surface area contributed by atoms with E-state index in [-0.39, 0.29) is 58.8 Å². The van der Waals surface area contributed by atoms with E-state index in [1.54, 1.807) is 24.3 Å². The molecule has 0 aliphatic rings. The second-order valence-electron chi connectivity index (χ2n) is 12.7. The Morgan fingerprint density at radius 2 is 0.830 bits per heavy atom. The molecule has 250 valence electrons. The lowest BCUT2D eigenvalue weighted by molar-refractivity contribution is 1.28. The lowest BCUT2D eigenvalue weighted by atomic mass is 9.97. The van der Waals surface area contributed by atoms with E-state index in [2.05, 4.69) is 24.3 Å². The Balaban J connectivity index is 1.25. The van der Waals surface area contributed by atoms with Gasteiger partial charge in [-0.05, 0) is 109 Å². The molecule has 0 saturated carbocycles. The van der Waals surface area contributed by atoms with Crippen LogP contribution in [0, 0.1) is 0 Å². The topological polar surface area (TPSA) is 3.24 Å². The largest absolute Gasteiger partial charge is 0.310 e. The fourth-order valence-electron chi connectivity index (χ4n) is 6.73. The molecular weight excluding hydrogens is 639 g/mol. The molecule has 9 aromatic carbocycles. The highest BCUT2D eigenvalue weighted by molar-refractivity contribution is 5.97. The van der Waals surface area contributed by atoms with Gasteiger partial charge in [0.2, 0.25) is 0 Å². The third-order valence-corrected chi connectivity index (χ3v) is 9.44. The van der Waals surface area contributed by atoms with Crippen molar-refractivity contribution in [3.63, 3.8) is 0 Å². The molecule has 0 amide bonds. The minimum absolute atomic E-state index is 0.113. The van der Waals surface area contributed by atoms with Gasteiger partial charge in [-0.2, -0.15) is 0 Å². The molecule has 1 nitrogen and oxygen atoms in total. The van der Waals surface area contributed by atoms with Crippen molar-refractivity contribution in [2.75, 3.05) is 4.90 Å². The highest BCUT2D eigenvalue weighted by atomic mass is 15.1. The summed E-state index contributed by atoms with van der Waals surface area (Å²) in [6.07, 6.45) is 0. The molecule has 0 saturated heterocycles. The number of anilines is 3. The van der Waals surface area contributed by atoms with Crippen LogP contribution in [0.3, 0.4) is 0 Å². The summed E-state index contributed by atoms with van der Waals surface area (Å²) in [6.45, 7) is 0. The second-order valence-corrected chi connectivity index (χ2v) is 12.7. The van der Waals surface area contributed by atoms with Crippen molar-refractivity contribution in [3.8, 4) is 55.6 Å². The van der Waals surface area contributed by atoms with E-state index in [0.29, 0.717) is 16.8 Å². The van der Waals surface area contributed by atoms with Crippen molar-refractivity contribution in [2.24, 2.45) is 0 Å². The molecule has 0 radical (unpaired) electrons. The Kier molecular flexibility index (Phi) is 6.57. The minimum atomic E-state index is -0.448. The number of hydrogen-bond donors (Lipinski definition) is 0. The lowest BCUT2D eigenvalue weighted by Crippen LogP contribution is -2.10. The molecule has 0 unspecified atom stereocenters. The standard InChI is InChI=1S/C52H37N/c1-3-12-38(13-4-1)40-24-26-41(27-25-40)42-28-32-48(33-29-42)53(50-21-10-20-47(37-50)52-23-11-17-44-16-7-8-22-51(44)52)49-34-30-43(31-35-49)46-19-9-18-45(36-46)39-14-5-2-6-15-39/h1-37H/i10D,20D,21D,30D,31D,34D,35D,37D. The first-order valence-electron chi connectivity index (χ1n) is 21.5. The Hall–Kier alpha value is -6.96. The van der Waals surface area contributed by atoms with Crippen LogP contribution in [-0.2, 0) is 0 Å². The van der Waals surface area contributed by atoms with Crippen molar-refractivity contribution in [2.45, 2.75) is 0 Å². The third kappa shape index (κ3) is 6.65. The van der Waals surface area contributed by atoms with E-state index in [1.165, 1.54) is 4.90 Å². The minimum Gasteiger partial charge on any atom is -0.310 e. The van der Waals surface area contributed by atoms with Crippen LogP contribution in [0.25, 0.3) is 66.4 Å². The maximum atomic E-state index is 9.78. The van der Waals surface area contributed by atoms with Gasteiger partial charge in [0.15, 0.2) is 0 Å². The number of benzene rings is 9. The van der Waals surface area contributed by atoms with Gasteiger partial charge in [0.1, 0.15) is 0 Å². The van der Waals surface area contributed by atoms with Gasteiger partial charge >= 0.3 is 0 Å². The molecular formula is C52H37N. The average Bonchev–Trinajstić information content (AvgIpc) is 3.31. The molecule has 9 aromatic rings. The van der Waals surface area contributed by atoms with Crippen molar-refractivity contribution >= 4 is 27.8 Å². The van der Waals surface area contributed by atoms with Gasteiger partial charge in [-0.1, -0.05) is 182 Å². The van der Waals surface area contributed by atoms with E-state index in [1.807, 2.05) is 127 Å². The first kappa shape index (κ1) is 24.3. The van der Waals surface area contributed by atoms with E-state index in [4.69, 9.17) is 2.74 Å². The number of rotatable bonds is 8. The van der Waals surface area contributed by atoms with Crippen molar-refractivity contribution in [1.82, 2.24) is 0 Å². The van der Waals surface area contributed by atoms with E-state index in [9.17, 15) is 8.22 Å². The van der Waals surface area contributed by atoms with E-state index < -0.39 is 12.1 Å². The summed E-state index contributed by atoms with van der Waals surface area (Å²) in [7, 11) is 0. The molecule has 0 aliphatic heterocycles. The monoisotopic (exact) mass is 683 g/mol. The molecule has 0 heterocycles. The molecule has 9 rings (SSSR count). The van der Waals surface area contributed by atoms with Gasteiger partial charge in [-0.15, -0.1) is 0 Å². The van der Waals surface area contributed by atoms with Gasteiger partial charge in [0.25, 0.3) is 0 Å². The molecule has 0 aromatic heterocycles. The normalized spacial score (nSPS) is 13.1. The summed E-state index contributed by atoms with van der Waals surface area (Å²) in [6, 6.07) is 53.0. The Labute approximate surface area is 323 Å². The second kappa shape index (κ2) is 14.3. The third-order valence-electron chi connectivity index (χ3n) is 9.44. The van der Waals surface area contributed by atoms with Crippen LogP contribution in [0.5, 0.6) is 0 Å². The first-order valence-corrected chi connectivity index (χ1v) is 17.5. The molecule has 0 N–H and O–H groups in total. The highest BCUT2D eigenvalue weighted by Gasteiger charge is 2.15. The quantitative estimate of drug-likeness (QED) is 0.154. The van der Waals surface area contributed by atoms with Crippen LogP contribution in [0.2, 0.25) is 0 Å². The van der Waals surface area contributed by atoms with Crippen molar-refractivity contribution < 1.29 is 11.0 Å². The lowest BCUT2D eigenvalue weighted by Gasteiger charge is -2.26. The fourth-order valence-corrected chi connectivity index (χ4v) is 6.73. The predicted octanol–water partition coefficient (Wildman–Crippen LogP) is 14.6. The molecule has 1 heteroatoms. The van der Waals surface area contributed by atoms with E-state index in [0.717, 1.165) is 44.2 Å². The van der Waals surface area contributed by atoms with Crippen LogP contribution in [-0.4, -0.2) is 0 Å². The summed E-state index contributed by atoms with van der Waals surface area (Å²) < 4.78 is 75.3. The van der Waals surface area contributed by atoms with Crippen LogP contribution in [0.4, 0.5) is 17.1 Å². The molecule has 0 bridgehead atoms. The zero-order valence-corrected chi connectivity index (χ0v) is 28.7. The zero-order valence-electron chi connectivity index (χ0n) is 36.7. The molecule has 0 fully saturated rings. The predicted molar refractivity (Wildman–Crippen MR) is 226 cm³/mol. The van der Waals surface area contributed by atoms with Crippen molar-refractivity contribution in [3.05, 3.63) is 224 Å². The van der Waals surface area contributed by atoms with Crippen LogP contribution in [0.15, 0.2) is 224 Å². The summed E-state index contributed by atoms with van der Waals surface area (Å²) >= 11 is 0. The summed E-state index contributed by atoms with van der Waals surface area (Å²) in [5.74, 6) is 0. The van der Waals surface area contributed by atoms with Gasteiger partial charge in [0.05, 0.1) is 11.0 Å². The molecule has 0 aliphatic carbocycles. The fraction of sp³-hybridized carbons (Fsp3) is 0. The zero-order chi connectivity index (χ0) is 42.4. The average molecular weight is 684 g/mol. The van der Waals surface area contributed by atoms with Crippen LogP contribution >= 0.6 is 0 Å². The smallest absolute Gasteiger partial charge is 0.0651 e. The summed E-state index contributed by atoms with van der Waals surface area (Å²) in [5, 5.41) is 1.63. The molecule has 0 atom stereocenters. The highest BCUT2D eigenvalue weighted by Crippen LogP contribution is 2.40. The van der Waals surface area contributed by atoms with Gasteiger partial charge in [-0.3, -0.25) is 0 Å². The van der Waals surface area contributed by atoms with Gasteiger partial charge < -0.3 is 4.90 Å². The van der Waals surface area contributed by atoms with Crippen LogP contribution < -0.4 is 4.90 Å². The van der Waals surface area contributed by atoms with Gasteiger partial charge in [0, 0.05) is 17.1 Å². The number of fused-ring (bicyclic) bond motifs is 1. The van der Waals surface area contributed by atoms with Crippen molar-refractivity contribution in [1.29, 1.82) is 0 Å². The summed E-state index contributed by atoms with van der Waals surface area (Å²) in [5.41, 5.74) is 7.09. The maximum absolute atomic E-state index is 9.78. The summed E-state index contributed by atoms with van der Waals surface area (Å²) in [4.78, 5) is 1.39. The number of nitrogens with zero attached hydrogens (tertiary/aromatic N) is 1. The van der Waals surface area contributed by atoms with Crippen LogP contribution in [0.1, 0.15) is 11.0 Å². The van der Waals surface area contributed by atoms with E-state index >= 15 is 0 Å². The Morgan fingerprint density at radius 3 is 1.51 bits per heavy atom.